The number of likely N-dealkylation sites (tertiary alicyclic amines) is 1. The van der Waals surface area contributed by atoms with Crippen molar-refractivity contribution in [3.05, 3.63) is 77.9 Å². The van der Waals surface area contributed by atoms with Gasteiger partial charge in [0.05, 0.1) is 36.7 Å². The Morgan fingerprint density at radius 3 is 2.24 bits per heavy atom. The highest BCUT2D eigenvalue weighted by atomic mass is 16.5. The van der Waals surface area contributed by atoms with E-state index in [1.165, 1.54) is 11.8 Å². The van der Waals surface area contributed by atoms with Crippen molar-refractivity contribution < 1.29 is 24.2 Å². The number of rotatable bonds is 8. The average Bonchev–Trinajstić information content (AvgIpc) is 3.32. The second-order valence-corrected chi connectivity index (χ2v) is 9.99. The zero-order valence-corrected chi connectivity index (χ0v) is 23.5. The summed E-state index contributed by atoms with van der Waals surface area (Å²) in [5, 5.41) is 11.8. The van der Waals surface area contributed by atoms with E-state index < -0.39 is 0 Å². The molecule has 2 heterocycles. The minimum absolute atomic E-state index is 0.00171. The molecule has 1 saturated heterocycles. The Hall–Kier alpha value is -4.79. The number of carbonyl (C=O) groups is 2. The third kappa shape index (κ3) is 5.89. The molecule has 3 aromatic carbocycles. The number of hydrogen-bond acceptors (Lipinski definition) is 6. The van der Waals surface area contributed by atoms with Crippen LogP contribution in [0.5, 0.6) is 17.4 Å². The van der Waals surface area contributed by atoms with Crippen molar-refractivity contribution in [1.82, 2.24) is 9.88 Å². The van der Waals surface area contributed by atoms with Gasteiger partial charge in [0.2, 0.25) is 11.8 Å². The number of piperidine rings is 1. The number of aromatic nitrogens is 1. The quantitative estimate of drug-likeness (QED) is 0.283. The molecule has 1 aliphatic heterocycles. The van der Waals surface area contributed by atoms with Gasteiger partial charge in [0.15, 0.2) is 17.4 Å². The number of amides is 2. The molecular formula is C32H34N4O5. The molecule has 5 rings (SSSR count). The van der Waals surface area contributed by atoms with E-state index in [1.54, 1.807) is 44.6 Å². The molecule has 0 unspecified atom stereocenters. The lowest BCUT2D eigenvalue weighted by Crippen LogP contribution is -2.44. The van der Waals surface area contributed by atoms with Crippen LogP contribution in [-0.4, -0.2) is 66.4 Å². The number of nitrogens with one attached hydrogen (secondary N) is 1. The number of ether oxygens (including phenoxy) is 2. The van der Waals surface area contributed by atoms with Gasteiger partial charge in [-0.2, -0.15) is 0 Å². The van der Waals surface area contributed by atoms with Gasteiger partial charge in [0.25, 0.3) is 0 Å². The molecule has 41 heavy (non-hydrogen) atoms. The van der Waals surface area contributed by atoms with Crippen LogP contribution >= 0.6 is 0 Å². The fourth-order valence-corrected chi connectivity index (χ4v) is 5.21. The maximum Gasteiger partial charge on any atom is 0.242 e. The smallest absolute Gasteiger partial charge is 0.242 e. The van der Waals surface area contributed by atoms with Crippen LogP contribution in [0.15, 0.2) is 71.7 Å². The molecule has 9 heteroatoms. The van der Waals surface area contributed by atoms with Crippen molar-refractivity contribution >= 4 is 39.8 Å². The first-order valence-corrected chi connectivity index (χ1v) is 13.7. The Bertz CT molecular complexity index is 1570. The van der Waals surface area contributed by atoms with Crippen molar-refractivity contribution in [2.45, 2.75) is 26.2 Å². The molecule has 2 amide bonds. The van der Waals surface area contributed by atoms with Gasteiger partial charge in [-0.15, -0.1) is 0 Å². The van der Waals surface area contributed by atoms with Crippen LogP contribution in [0.25, 0.3) is 10.9 Å². The molecular weight excluding hydrogens is 520 g/mol. The molecule has 0 saturated carbocycles. The van der Waals surface area contributed by atoms with Gasteiger partial charge in [-0.3, -0.25) is 9.59 Å². The Morgan fingerprint density at radius 1 is 0.951 bits per heavy atom. The van der Waals surface area contributed by atoms with E-state index in [2.05, 4.69) is 4.98 Å². The van der Waals surface area contributed by atoms with Crippen LogP contribution in [0.3, 0.4) is 0 Å². The van der Waals surface area contributed by atoms with Crippen molar-refractivity contribution in [2.75, 3.05) is 38.8 Å². The summed E-state index contributed by atoms with van der Waals surface area (Å²) in [6.45, 7) is 2.94. The summed E-state index contributed by atoms with van der Waals surface area (Å²) < 4.78 is 10.9. The largest absolute Gasteiger partial charge is 0.494 e. The SMILES string of the molecule is COc1cc2[nH]c(O)c(C(=Nc3ccc(N(CC(=O)N4CCCCC4)C(C)=O)cc3)c3ccccc3)c2cc1OC. The van der Waals surface area contributed by atoms with Crippen LogP contribution in [0, 0.1) is 0 Å². The van der Waals surface area contributed by atoms with E-state index in [0.29, 0.717) is 39.7 Å². The maximum atomic E-state index is 12.9. The number of methoxy groups -OCH3 is 2. The van der Waals surface area contributed by atoms with Gasteiger partial charge in [0.1, 0.15) is 6.54 Å². The third-order valence-corrected chi connectivity index (χ3v) is 7.35. The number of aromatic hydroxyl groups is 1. The first kappa shape index (κ1) is 27.8. The summed E-state index contributed by atoms with van der Waals surface area (Å²) in [7, 11) is 3.12. The summed E-state index contributed by atoms with van der Waals surface area (Å²) in [6.07, 6.45) is 3.12. The molecule has 4 aromatic rings. The highest BCUT2D eigenvalue weighted by molar-refractivity contribution is 6.22. The van der Waals surface area contributed by atoms with Crippen LogP contribution in [0.4, 0.5) is 11.4 Å². The van der Waals surface area contributed by atoms with Gasteiger partial charge in [-0.1, -0.05) is 30.3 Å². The van der Waals surface area contributed by atoms with Crippen LogP contribution in [0.1, 0.15) is 37.3 Å². The monoisotopic (exact) mass is 554 g/mol. The van der Waals surface area contributed by atoms with Gasteiger partial charge in [-0.25, -0.2) is 4.99 Å². The first-order valence-electron chi connectivity index (χ1n) is 13.7. The predicted octanol–water partition coefficient (Wildman–Crippen LogP) is 5.43. The highest BCUT2D eigenvalue weighted by Gasteiger charge is 2.23. The van der Waals surface area contributed by atoms with Crippen molar-refractivity contribution in [1.29, 1.82) is 0 Å². The average molecular weight is 555 g/mol. The summed E-state index contributed by atoms with van der Waals surface area (Å²) >= 11 is 0. The zero-order chi connectivity index (χ0) is 28.9. The second kappa shape index (κ2) is 12.2. The summed E-state index contributed by atoms with van der Waals surface area (Å²) in [5.41, 5.74) is 3.79. The van der Waals surface area contributed by atoms with E-state index in [4.69, 9.17) is 14.5 Å². The predicted molar refractivity (Wildman–Crippen MR) is 160 cm³/mol. The molecule has 1 aliphatic rings. The number of aromatic amines is 1. The lowest BCUT2D eigenvalue weighted by Gasteiger charge is -2.29. The molecule has 2 N–H and O–H groups in total. The second-order valence-electron chi connectivity index (χ2n) is 9.99. The van der Waals surface area contributed by atoms with Gasteiger partial charge in [-0.05, 0) is 49.6 Å². The van der Waals surface area contributed by atoms with Crippen molar-refractivity contribution in [2.24, 2.45) is 4.99 Å². The highest BCUT2D eigenvalue weighted by Crippen LogP contribution is 2.38. The number of aliphatic imine (C=N–C) groups is 1. The molecule has 0 aliphatic carbocycles. The van der Waals surface area contributed by atoms with E-state index in [0.717, 1.165) is 43.3 Å². The first-order chi connectivity index (χ1) is 19.9. The van der Waals surface area contributed by atoms with E-state index in [-0.39, 0.29) is 24.2 Å². The maximum absolute atomic E-state index is 12.9. The molecule has 1 aromatic heterocycles. The number of hydrogen-bond donors (Lipinski definition) is 2. The molecule has 0 atom stereocenters. The number of nitrogens with zero attached hydrogens (tertiary/aromatic N) is 3. The Morgan fingerprint density at radius 2 is 1.61 bits per heavy atom. The Kier molecular flexibility index (Phi) is 8.24. The standard InChI is InChI=1S/C32H34N4O5/c1-21(37)36(20-29(38)35-16-8-5-9-17-35)24-14-12-23(13-15-24)33-31(22-10-6-4-7-11-22)30-25-18-27(40-2)28(41-3)19-26(25)34-32(30)39/h4,6-7,10-15,18-19,34,39H,5,8-9,16-17,20H2,1-3H3. The van der Waals surface area contributed by atoms with Crippen LogP contribution in [-0.2, 0) is 9.59 Å². The zero-order valence-electron chi connectivity index (χ0n) is 23.5. The minimum Gasteiger partial charge on any atom is -0.494 e. The van der Waals surface area contributed by atoms with Crippen molar-refractivity contribution in [3.63, 3.8) is 0 Å². The fourth-order valence-electron chi connectivity index (χ4n) is 5.21. The molecule has 1 fully saturated rings. The van der Waals surface area contributed by atoms with E-state index in [9.17, 15) is 14.7 Å². The molecule has 212 valence electrons. The number of fused-ring (bicyclic) bond motifs is 1. The topological polar surface area (TPSA) is 107 Å². The number of carbonyl (C=O) groups excluding carboxylic acids is 2. The summed E-state index contributed by atoms with van der Waals surface area (Å²) in [5.74, 6) is 0.782. The van der Waals surface area contributed by atoms with E-state index in [1.807, 2.05) is 41.3 Å². The van der Waals surface area contributed by atoms with Crippen LogP contribution < -0.4 is 14.4 Å². The molecule has 0 bridgehead atoms. The fraction of sp³-hybridized carbons (Fsp3) is 0.281. The van der Waals surface area contributed by atoms with E-state index >= 15 is 0 Å². The third-order valence-electron chi connectivity index (χ3n) is 7.35. The number of H-pyrrole nitrogens is 1. The van der Waals surface area contributed by atoms with Crippen LogP contribution in [0.2, 0.25) is 0 Å². The van der Waals surface area contributed by atoms with Gasteiger partial charge >= 0.3 is 0 Å². The van der Waals surface area contributed by atoms with Gasteiger partial charge in [0, 0.05) is 42.7 Å². The van der Waals surface area contributed by atoms with Gasteiger partial charge < -0.3 is 29.4 Å². The lowest BCUT2D eigenvalue weighted by molar-refractivity contribution is -0.132. The minimum atomic E-state index is -0.204. The number of benzene rings is 3. The molecule has 0 spiro atoms. The summed E-state index contributed by atoms with van der Waals surface area (Å²) in [4.78, 5) is 36.7. The Labute approximate surface area is 239 Å². The molecule has 9 nitrogen and oxygen atoms in total. The number of anilines is 1. The van der Waals surface area contributed by atoms with Crippen molar-refractivity contribution in [3.8, 4) is 17.4 Å². The molecule has 0 radical (unpaired) electrons. The Balaban J connectivity index is 1.52. The lowest BCUT2D eigenvalue weighted by atomic mass is 10.0. The normalized spacial score (nSPS) is 13.7. The summed E-state index contributed by atoms with van der Waals surface area (Å²) in [6, 6.07) is 20.4.